The maximum Gasteiger partial charge on any atom is 0.413 e. The Balaban J connectivity index is 1.63. The van der Waals surface area contributed by atoms with Crippen molar-refractivity contribution in [3.63, 3.8) is 0 Å². The van der Waals surface area contributed by atoms with E-state index in [9.17, 15) is 19.5 Å². The smallest absolute Gasteiger partial charge is 0.413 e. The summed E-state index contributed by atoms with van der Waals surface area (Å²) in [5.41, 5.74) is 0.591. The van der Waals surface area contributed by atoms with E-state index >= 15 is 0 Å². The lowest BCUT2D eigenvalue weighted by atomic mass is 10.1. The van der Waals surface area contributed by atoms with Crippen molar-refractivity contribution >= 4 is 17.7 Å². The Kier molecular flexibility index (Phi) is 8.29. The van der Waals surface area contributed by atoms with Gasteiger partial charge in [-0.15, -0.1) is 0 Å². The molecular formula is C20H20O8. The lowest BCUT2D eigenvalue weighted by molar-refractivity contribution is -0.344. The molecule has 28 heavy (non-hydrogen) atoms. The largest absolute Gasteiger partial charge is 0.461 e. The number of aliphatic hydroxyl groups excluding tert-OH is 1. The average Bonchev–Trinajstić information content (AvgIpc) is 2.75. The number of carbonyl (C=O) groups is 3. The summed E-state index contributed by atoms with van der Waals surface area (Å²) in [6, 6.07) is 16.2. The summed E-state index contributed by atoms with van der Waals surface area (Å²) in [5, 5.41) is 9.86. The highest BCUT2D eigenvalue weighted by molar-refractivity contribution is 6.40. The Bertz CT molecular complexity index is 775. The minimum Gasteiger partial charge on any atom is -0.461 e. The molecule has 8 nitrogen and oxygen atoms in total. The Labute approximate surface area is 161 Å². The molecule has 0 saturated carbocycles. The number of aliphatic hydroxyl groups is 1. The number of hydrogen-bond donors (Lipinski definition) is 1. The molecule has 0 radical (unpaired) electrons. The predicted octanol–water partition coefficient (Wildman–Crippen LogP) is 1.98. The molecule has 0 aromatic heterocycles. The minimum atomic E-state index is -1.39. The summed E-state index contributed by atoms with van der Waals surface area (Å²) in [4.78, 5) is 44.3. The highest BCUT2D eigenvalue weighted by atomic mass is 17.2. The van der Waals surface area contributed by atoms with E-state index in [1.165, 1.54) is 19.1 Å². The third-order valence-corrected chi connectivity index (χ3v) is 3.50. The molecular weight excluding hydrogens is 368 g/mol. The van der Waals surface area contributed by atoms with Gasteiger partial charge >= 0.3 is 11.9 Å². The normalized spacial score (nSPS) is 12.6. The molecule has 0 bridgehead atoms. The zero-order valence-corrected chi connectivity index (χ0v) is 15.1. The van der Waals surface area contributed by atoms with Crippen molar-refractivity contribution in [2.75, 3.05) is 13.2 Å². The van der Waals surface area contributed by atoms with Crippen LogP contribution in [0.2, 0.25) is 0 Å². The number of rotatable bonds is 10. The minimum absolute atomic E-state index is 0.0708. The second-order valence-electron chi connectivity index (χ2n) is 5.58. The second-order valence-corrected chi connectivity index (χ2v) is 5.58. The van der Waals surface area contributed by atoms with Gasteiger partial charge in [0.25, 0.3) is 5.78 Å². The van der Waals surface area contributed by atoms with Gasteiger partial charge in [0.2, 0.25) is 0 Å². The molecule has 2 aromatic carbocycles. The standard InChI is InChI=1S/C20H20O8/c1-14(27-28-20(24)18(22)16-10-6-3-7-11-16)25-12-13-26-19(23)17(21)15-8-4-2-5-9-15/h2-11,14,17,21H,12-13H2,1H3. The van der Waals surface area contributed by atoms with E-state index in [1.54, 1.807) is 48.5 Å². The molecule has 0 amide bonds. The molecule has 0 aliphatic carbocycles. The number of Topliss-reactive ketones (excluding diaryl/α,β-unsaturated/α-hetero) is 1. The van der Waals surface area contributed by atoms with Gasteiger partial charge in [-0.3, -0.25) is 9.68 Å². The summed E-state index contributed by atoms with van der Waals surface area (Å²) in [6.07, 6.45) is -2.38. The number of carbonyl (C=O) groups excluding carboxylic acids is 3. The van der Waals surface area contributed by atoms with Crippen LogP contribution in [0.5, 0.6) is 0 Å². The highest BCUT2D eigenvalue weighted by Gasteiger charge is 2.21. The van der Waals surface area contributed by atoms with Gasteiger partial charge in [-0.2, -0.15) is 4.89 Å². The van der Waals surface area contributed by atoms with Crippen LogP contribution in [0.1, 0.15) is 28.9 Å². The Morgan fingerprint density at radius 3 is 2.18 bits per heavy atom. The second kappa shape index (κ2) is 10.9. The predicted molar refractivity (Wildman–Crippen MR) is 95.7 cm³/mol. The van der Waals surface area contributed by atoms with Gasteiger partial charge in [0.1, 0.15) is 6.61 Å². The van der Waals surface area contributed by atoms with Gasteiger partial charge < -0.3 is 14.6 Å². The van der Waals surface area contributed by atoms with Crippen LogP contribution in [-0.2, 0) is 28.8 Å². The van der Waals surface area contributed by atoms with Crippen molar-refractivity contribution in [2.24, 2.45) is 0 Å². The van der Waals surface area contributed by atoms with Crippen molar-refractivity contribution < 1.29 is 38.7 Å². The Morgan fingerprint density at radius 1 is 0.929 bits per heavy atom. The fraction of sp³-hybridized carbons (Fsp3) is 0.250. The maximum absolute atomic E-state index is 11.8. The summed E-state index contributed by atoms with van der Waals surface area (Å²) in [7, 11) is 0. The van der Waals surface area contributed by atoms with Crippen molar-refractivity contribution in [1.82, 2.24) is 0 Å². The average molecular weight is 388 g/mol. The zero-order valence-electron chi connectivity index (χ0n) is 15.1. The van der Waals surface area contributed by atoms with Gasteiger partial charge in [0, 0.05) is 5.56 Å². The molecule has 0 aliphatic heterocycles. The van der Waals surface area contributed by atoms with E-state index in [4.69, 9.17) is 9.47 Å². The molecule has 0 fully saturated rings. The summed E-state index contributed by atoms with van der Waals surface area (Å²) < 4.78 is 10.0. The quantitative estimate of drug-likeness (QED) is 0.125. The van der Waals surface area contributed by atoms with Crippen LogP contribution in [0.4, 0.5) is 0 Å². The van der Waals surface area contributed by atoms with Crippen molar-refractivity contribution in [2.45, 2.75) is 19.3 Å². The topological polar surface area (TPSA) is 108 Å². The van der Waals surface area contributed by atoms with Crippen LogP contribution in [-0.4, -0.2) is 42.3 Å². The van der Waals surface area contributed by atoms with Crippen LogP contribution in [0.15, 0.2) is 60.7 Å². The summed E-state index contributed by atoms with van der Waals surface area (Å²) in [5.74, 6) is -2.85. The van der Waals surface area contributed by atoms with Crippen LogP contribution < -0.4 is 0 Å². The van der Waals surface area contributed by atoms with E-state index in [-0.39, 0.29) is 18.8 Å². The molecule has 2 atom stereocenters. The van der Waals surface area contributed by atoms with E-state index in [1.807, 2.05) is 0 Å². The first kappa shape index (κ1) is 21.2. The van der Waals surface area contributed by atoms with Crippen LogP contribution in [0.25, 0.3) is 0 Å². The lowest BCUT2D eigenvalue weighted by Gasteiger charge is -2.13. The Morgan fingerprint density at radius 2 is 1.54 bits per heavy atom. The van der Waals surface area contributed by atoms with E-state index in [0.717, 1.165) is 0 Å². The fourth-order valence-corrected chi connectivity index (χ4v) is 2.09. The van der Waals surface area contributed by atoms with E-state index < -0.39 is 30.1 Å². The molecule has 2 aromatic rings. The number of esters is 1. The SMILES string of the molecule is CC(OCCOC(=O)C(O)c1ccccc1)OOC(=O)C(=O)c1ccccc1. The van der Waals surface area contributed by atoms with E-state index in [0.29, 0.717) is 5.56 Å². The molecule has 8 heteroatoms. The van der Waals surface area contributed by atoms with Crippen molar-refractivity contribution in [3.05, 3.63) is 71.8 Å². The monoisotopic (exact) mass is 388 g/mol. The molecule has 148 valence electrons. The fourth-order valence-electron chi connectivity index (χ4n) is 2.09. The van der Waals surface area contributed by atoms with Gasteiger partial charge in [0.05, 0.1) is 6.61 Å². The Hall–Kier alpha value is -3.07. The number of hydrogen-bond acceptors (Lipinski definition) is 8. The van der Waals surface area contributed by atoms with Crippen molar-refractivity contribution in [1.29, 1.82) is 0 Å². The van der Waals surface area contributed by atoms with E-state index in [2.05, 4.69) is 9.78 Å². The number of ketones is 1. The molecule has 0 saturated heterocycles. The third-order valence-electron chi connectivity index (χ3n) is 3.50. The van der Waals surface area contributed by atoms with Crippen molar-refractivity contribution in [3.8, 4) is 0 Å². The van der Waals surface area contributed by atoms with Crippen LogP contribution in [0, 0.1) is 0 Å². The zero-order chi connectivity index (χ0) is 20.4. The van der Waals surface area contributed by atoms with Gasteiger partial charge in [-0.05, 0) is 12.5 Å². The van der Waals surface area contributed by atoms with Crippen LogP contribution >= 0.6 is 0 Å². The first-order valence-electron chi connectivity index (χ1n) is 8.47. The molecule has 0 spiro atoms. The molecule has 2 unspecified atom stereocenters. The molecule has 0 aliphatic rings. The first-order chi connectivity index (χ1) is 13.5. The molecule has 0 heterocycles. The third kappa shape index (κ3) is 6.58. The number of ether oxygens (including phenoxy) is 2. The maximum atomic E-state index is 11.8. The van der Waals surface area contributed by atoms with Gasteiger partial charge in [-0.1, -0.05) is 60.7 Å². The molecule has 1 N–H and O–H groups in total. The summed E-state index contributed by atoms with van der Waals surface area (Å²) in [6.45, 7) is 1.22. The highest BCUT2D eigenvalue weighted by Crippen LogP contribution is 2.13. The van der Waals surface area contributed by atoms with Gasteiger partial charge in [0.15, 0.2) is 12.4 Å². The lowest BCUT2D eigenvalue weighted by Crippen LogP contribution is -2.24. The van der Waals surface area contributed by atoms with Crippen LogP contribution in [0.3, 0.4) is 0 Å². The molecule has 2 rings (SSSR count). The first-order valence-corrected chi connectivity index (χ1v) is 8.47. The summed E-state index contributed by atoms with van der Waals surface area (Å²) >= 11 is 0. The van der Waals surface area contributed by atoms with Gasteiger partial charge in [-0.25, -0.2) is 9.59 Å². The number of benzene rings is 2.